The lowest BCUT2D eigenvalue weighted by Crippen LogP contribution is -1.86. The summed E-state index contributed by atoms with van der Waals surface area (Å²) in [6.45, 7) is 0. The van der Waals surface area contributed by atoms with Gasteiger partial charge < -0.3 is 9.84 Å². The predicted octanol–water partition coefficient (Wildman–Crippen LogP) is 4.09. The van der Waals surface area contributed by atoms with Crippen LogP contribution >= 0.6 is 15.9 Å². The van der Waals surface area contributed by atoms with Crippen LogP contribution in [0.1, 0.15) is 0 Å². The van der Waals surface area contributed by atoms with E-state index < -0.39 is 0 Å². The second-order valence-electron chi connectivity index (χ2n) is 3.14. The molecule has 82 valence electrons. The molecule has 0 spiro atoms. The first-order valence-corrected chi connectivity index (χ1v) is 5.37. The average molecular weight is 283 g/mol. The molecule has 0 radical (unpaired) electrons. The molecule has 0 atom stereocenters. The van der Waals surface area contributed by atoms with Crippen molar-refractivity contribution >= 4 is 15.9 Å². The molecule has 0 saturated carbocycles. The average Bonchev–Trinajstić information content (AvgIpc) is 2.25. The van der Waals surface area contributed by atoms with Gasteiger partial charge in [-0.05, 0) is 46.3 Å². The summed E-state index contributed by atoms with van der Waals surface area (Å²) in [5, 5.41) is 9.50. The second-order valence-corrected chi connectivity index (χ2v) is 4.00. The fourth-order valence-corrected chi connectivity index (χ4v) is 1.65. The predicted molar refractivity (Wildman–Crippen MR) is 62.3 cm³/mol. The minimum atomic E-state index is -0.350. The zero-order valence-electron chi connectivity index (χ0n) is 8.15. The minimum absolute atomic E-state index is 0.0405. The van der Waals surface area contributed by atoms with E-state index in [4.69, 9.17) is 4.74 Å². The zero-order chi connectivity index (χ0) is 11.5. The smallest absolute Gasteiger partial charge is 0.169 e. The Balaban J connectivity index is 2.31. The molecule has 2 nitrogen and oxygen atoms in total. The van der Waals surface area contributed by atoms with Gasteiger partial charge in [0.2, 0.25) is 0 Å². The summed E-state index contributed by atoms with van der Waals surface area (Å²) in [6, 6.07) is 10.7. The van der Waals surface area contributed by atoms with Gasteiger partial charge in [-0.2, -0.15) is 0 Å². The number of benzene rings is 2. The van der Waals surface area contributed by atoms with E-state index in [0.717, 1.165) is 0 Å². The molecule has 16 heavy (non-hydrogen) atoms. The summed E-state index contributed by atoms with van der Waals surface area (Å²) in [5.74, 6) is 0.466. The molecular formula is C12H8BrFO2. The lowest BCUT2D eigenvalue weighted by molar-refractivity contribution is 0.409. The molecule has 0 unspecified atom stereocenters. The number of rotatable bonds is 2. The van der Waals surface area contributed by atoms with Gasteiger partial charge in [-0.15, -0.1) is 0 Å². The largest absolute Gasteiger partial charge is 0.504 e. The van der Waals surface area contributed by atoms with Crippen LogP contribution in [-0.4, -0.2) is 5.11 Å². The SMILES string of the molecule is Oc1ccccc1Oc1ccc(F)cc1Br. The molecular weight excluding hydrogens is 275 g/mol. The summed E-state index contributed by atoms with van der Waals surface area (Å²) in [7, 11) is 0. The van der Waals surface area contributed by atoms with Crippen molar-refractivity contribution in [3.05, 3.63) is 52.8 Å². The maximum atomic E-state index is 12.8. The number of halogens is 2. The number of hydrogen-bond acceptors (Lipinski definition) is 2. The van der Waals surface area contributed by atoms with Crippen LogP contribution in [0.3, 0.4) is 0 Å². The standard InChI is InChI=1S/C12H8BrFO2/c13-9-7-8(14)5-6-11(9)16-12-4-2-1-3-10(12)15/h1-7,15H. The van der Waals surface area contributed by atoms with E-state index in [-0.39, 0.29) is 11.6 Å². The van der Waals surface area contributed by atoms with Gasteiger partial charge in [-0.3, -0.25) is 0 Å². The van der Waals surface area contributed by atoms with Gasteiger partial charge in [0.05, 0.1) is 4.47 Å². The summed E-state index contributed by atoms with van der Waals surface area (Å²) < 4.78 is 18.8. The molecule has 0 amide bonds. The molecule has 0 saturated heterocycles. The first-order valence-electron chi connectivity index (χ1n) is 4.58. The molecule has 0 aliphatic heterocycles. The van der Waals surface area contributed by atoms with Crippen LogP contribution in [0, 0.1) is 5.82 Å². The Morgan fingerprint density at radius 2 is 1.81 bits per heavy atom. The fraction of sp³-hybridized carbons (Fsp3) is 0. The van der Waals surface area contributed by atoms with E-state index >= 15 is 0 Å². The molecule has 0 fully saturated rings. The summed E-state index contributed by atoms with van der Waals surface area (Å²) in [5.41, 5.74) is 0. The third-order valence-corrected chi connectivity index (χ3v) is 2.60. The molecule has 0 heterocycles. The van der Waals surface area contributed by atoms with Crippen molar-refractivity contribution in [3.63, 3.8) is 0 Å². The van der Waals surface area contributed by atoms with Crippen molar-refractivity contribution in [2.24, 2.45) is 0 Å². The monoisotopic (exact) mass is 282 g/mol. The van der Waals surface area contributed by atoms with Gasteiger partial charge in [0.25, 0.3) is 0 Å². The van der Waals surface area contributed by atoms with Gasteiger partial charge in [-0.1, -0.05) is 12.1 Å². The first kappa shape index (κ1) is 11.0. The van der Waals surface area contributed by atoms with E-state index in [1.54, 1.807) is 18.2 Å². The van der Waals surface area contributed by atoms with Crippen molar-refractivity contribution in [1.82, 2.24) is 0 Å². The van der Waals surface area contributed by atoms with Crippen molar-refractivity contribution < 1.29 is 14.2 Å². The molecule has 0 aliphatic carbocycles. The van der Waals surface area contributed by atoms with Crippen molar-refractivity contribution in [2.45, 2.75) is 0 Å². The fourth-order valence-electron chi connectivity index (χ4n) is 1.22. The van der Waals surface area contributed by atoms with Crippen molar-refractivity contribution in [3.8, 4) is 17.2 Å². The van der Waals surface area contributed by atoms with Gasteiger partial charge in [-0.25, -0.2) is 4.39 Å². The maximum absolute atomic E-state index is 12.8. The van der Waals surface area contributed by atoms with E-state index in [1.807, 2.05) is 0 Å². The zero-order valence-corrected chi connectivity index (χ0v) is 9.74. The summed E-state index contributed by atoms with van der Waals surface area (Å²) >= 11 is 3.18. The highest BCUT2D eigenvalue weighted by atomic mass is 79.9. The Labute approximate surface area is 100 Å². The second kappa shape index (κ2) is 4.53. The molecule has 0 aromatic heterocycles. The van der Waals surface area contributed by atoms with E-state index in [2.05, 4.69) is 15.9 Å². The van der Waals surface area contributed by atoms with Gasteiger partial charge in [0, 0.05) is 0 Å². The molecule has 2 aromatic rings. The highest BCUT2D eigenvalue weighted by molar-refractivity contribution is 9.10. The number of hydrogen-bond donors (Lipinski definition) is 1. The Kier molecular flexibility index (Phi) is 3.10. The van der Waals surface area contributed by atoms with Crippen molar-refractivity contribution in [2.75, 3.05) is 0 Å². The van der Waals surface area contributed by atoms with Crippen LogP contribution in [0.25, 0.3) is 0 Å². The highest BCUT2D eigenvalue weighted by Gasteiger charge is 2.06. The van der Waals surface area contributed by atoms with Crippen LogP contribution in [0.4, 0.5) is 4.39 Å². The Hall–Kier alpha value is -1.55. The summed E-state index contributed by atoms with van der Waals surface area (Å²) in [6.07, 6.45) is 0. The first-order chi connectivity index (χ1) is 7.66. The lowest BCUT2D eigenvalue weighted by Gasteiger charge is -2.08. The molecule has 2 aromatic carbocycles. The number of aromatic hydroxyl groups is 1. The van der Waals surface area contributed by atoms with E-state index in [9.17, 15) is 9.50 Å². The number of ether oxygens (including phenoxy) is 1. The highest BCUT2D eigenvalue weighted by Crippen LogP contribution is 2.34. The third kappa shape index (κ3) is 2.33. The third-order valence-electron chi connectivity index (χ3n) is 1.98. The molecule has 1 N–H and O–H groups in total. The maximum Gasteiger partial charge on any atom is 0.169 e. The van der Waals surface area contributed by atoms with Crippen LogP contribution in [-0.2, 0) is 0 Å². The van der Waals surface area contributed by atoms with Gasteiger partial charge >= 0.3 is 0 Å². The topological polar surface area (TPSA) is 29.5 Å². The molecule has 4 heteroatoms. The van der Waals surface area contributed by atoms with Crippen molar-refractivity contribution in [1.29, 1.82) is 0 Å². The molecule has 0 aliphatic rings. The lowest BCUT2D eigenvalue weighted by atomic mass is 10.3. The van der Waals surface area contributed by atoms with Gasteiger partial charge in [0.15, 0.2) is 11.5 Å². The quantitative estimate of drug-likeness (QED) is 0.899. The minimum Gasteiger partial charge on any atom is -0.504 e. The normalized spacial score (nSPS) is 10.1. The number of phenols is 1. The number of para-hydroxylation sites is 2. The molecule has 2 rings (SSSR count). The van der Waals surface area contributed by atoms with Crippen LogP contribution in [0.15, 0.2) is 46.9 Å². The van der Waals surface area contributed by atoms with Gasteiger partial charge in [0.1, 0.15) is 11.6 Å². The van der Waals surface area contributed by atoms with E-state index in [0.29, 0.717) is 16.0 Å². The number of phenolic OH excluding ortho intramolecular Hbond substituents is 1. The Morgan fingerprint density at radius 1 is 1.06 bits per heavy atom. The van der Waals surface area contributed by atoms with E-state index in [1.165, 1.54) is 24.3 Å². The van der Waals surface area contributed by atoms with Crippen LogP contribution in [0.2, 0.25) is 0 Å². The summed E-state index contributed by atoms with van der Waals surface area (Å²) in [4.78, 5) is 0. The molecule has 0 bridgehead atoms. The van der Waals surface area contributed by atoms with Crippen LogP contribution in [0.5, 0.6) is 17.2 Å². The van der Waals surface area contributed by atoms with Crippen LogP contribution < -0.4 is 4.74 Å². The Bertz CT molecular complexity index is 514. The Morgan fingerprint density at radius 3 is 2.50 bits per heavy atom.